The Balaban J connectivity index is 1.89. The average Bonchev–Trinajstić information content (AvgIpc) is 2.57. The number of hydrogen-bond acceptors (Lipinski definition) is 4. The molecule has 128 valence electrons. The Morgan fingerprint density at radius 2 is 1.52 bits per heavy atom. The molecule has 0 fully saturated rings. The summed E-state index contributed by atoms with van der Waals surface area (Å²) in [5, 5.41) is 9.18. The van der Waals surface area contributed by atoms with Gasteiger partial charge in [0.1, 0.15) is 0 Å². The molecule has 0 bridgehead atoms. The van der Waals surface area contributed by atoms with E-state index < -0.39 is 11.8 Å². The van der Waals surface area contributed by atoms with Gasteiger partial charge in [-0.3, -0.25) is 14.4 Å². The van der Waals surface area contributed by atoms with Crippen LogP contribution in [0.15, 0.2) is 53.6 Å². The van der Waals surface area contributed by atoms with Crippen LogP contribution >= 0.6 is 11.6 Å². The number of rotatable bonds is 4. The van der Waals surface area contributed by atoms with Gasteiger partial charge in [0.25, 0.3) is 0 Å². The van der Waals surface area contributed by atoms with Crippen LogP contribution in [-0.2, 0) is 14.4 Å². The van der Waals surface area contributed by atoms with Crippen LogP contribution in [0, 0.1) is 0 Å². The molecular formula is C17H15ClN4O3. The van der Waals surface area contributed by atoms with Gasteiger partial charge in [-0.05, 0) is 30.3 Å². The number of hydrazone groups is 1. The Morgan fingerprint density at radius 1 is 0.920 bits per heavy atom. The molecule has 0 radical (unpaired) electrons. The lowest BCUT2D eigenvalue weighted by Crippen LogP contribution is -2.32. The van der Waals surface area contributed by atoms with Crippen LogP contribution in [0.4, 0.5) is 11.4 Å². The van der Waals surface area contributed by atoms with Crippen LogP contribution in [0.3, 0.4) is 0 Å². The summed E-state index contributed by atoms with van der Waals surface area (Å²) in [6.07, 6.45) is 1.34. The Hall–Kier alpha value is -3.19. The van der Waals surface area contributed by atoms with E-state index in [1.54, 1.807) is 48.5 Å². The maximum Gasteiger partial charge on any atom is 0.329 e. The zero-order valence-electron chi connectivity index (χ0n) is 13.2. The second-order valence-electron chi connectivity index (χ2n) is 4.93. The molecule has 8 heteroatoms. The summed E-state index contributed by atoms with van der Waals surface area (Å²) in [6.45, 7) is 1.39. The highest BCUT2D eigenvalue weighted by Crippen LogP contribution is 2.13. The fourth-order valence-electron chi connectivity index (χ4n) is 1.82. The van der Waals surface area contributed by atoms with E-state index in [9.17, 15) is 14.4 Å². The van der Waals surface area contributed by atoms with Crippen molar-refractivity contribution in [3.8, 4) is 0 Å². The van der Waals surface area contributed by atoms with Gasteiger partial charge in [-0.25, -0.2) is 5.43 Å². The summed E-state index contributed by atoms with van der Waals surface area (Å²) in [4.78, 5) is 34.4. The fourth-order valence-corrected chi connectivity index (χ4v) is 2.00. The van der Waals surface area contributed by atoms with Gasteiger partial charge in [-0.15, -0.1) is 0 Å². The third-order valence-electron chi connectivity index (χ3n) is 2.94. The van der Waals surface area contributed by atoms with Gasteiger partial charge in [-0.1, -0.05) is 29.8 Å². The van der Waals surface area contributed by atoms with Crippen LogP contribution in [0.5, 0.6) is 0 Å². The topological polar surface area (TPSA) is 99.7 Å². The van der Waals surface area contributed by atoms with Gasteiger partial charge >= 0.3 is 11.8 Å². The first-order chi connectivity index (χ1) is 12.0. The second-order valence-corrected chi connectivity index (χ2v) is 5.34. The van der Waals surface area contributed by atoms with Crippen LogP contribution < -0.4 is 16.1 Å². The number of amides is 3. The molecule has 0 atom stereocenters. The monoisotopic (exact) mass is 358 g/mol. The van der Waals surface area contributed by atoms with E-state index in [0.29, 0.717) is 22.0 Å². The number of carbonyl (C=O) groups is 3. The van der Waals surface area contributed by atoms with Crippen LogP contribution in [0.1, 0.15) is 12.5 Å². The summed E-state index contributed by atoms with van der Waals surface area (Å²) >= 11 is 5.94. The normalized spacial score (nSPS) is 10.3. The SMILES string of the molecule is CC(=O)Nc1ccc(NC(=O)C(=O)N/N=C/c2ccccc2Cl)cc1. The molecule has 7 nitrogen and oxygen atoms in total. The molecule has 0 aromatic heterocycles. The van der Waals surface area contributed by atoms with Crippen molar-refractivity contribution in [2.75, 3.05) is 10.6 Å². The number of carbonyl (C=O) groups excluding carboxylic acids is 3. The Labute approximate surface area is 149 Å². The third kappa shape index (κ3) is 5.74. The Morgan fingerprint density at radius 3 is 2.12 bits per heavy atom. The van der Waals surface area contributed by atoms with Crippen molar-refractivity contribution in [1.82, 2.24) is 5.43 Å². The minimum absolute atomic E-state index is 0.201. The summed E-state index contributed by atoms with van der Waals surface area (Å²) in [7, 11) is 0. The minimum atomic E-state index is -0.922. The highest BCUT2D eigenvalue weighted by Gasteiger charge is 2.12. The third-order valence-corrected chi connectivity index (χ3v) is 3.29. The molecule has 0 aliphatic heterocycles. The van der Waals surface area contributed by atoms with E-state index >= 15 is 0 Å². The van der Waals surface area contributed by atoms with Gasteiger partial charge < -0.3 is 10.6 Å². The Kier molecular flexibility index (Phi) is 6.25. The van der Waals surface area contributed by atoms with Crippen LogP contribution in [0.25, 0.3) is 0 Å². The summed E-state index contributed by atoms with van der Waals surface area (Å²) < 4.78 is 0. The molecule has 2 rings (SSSR count). The Bertz CT molecular complexity index is 819. The van der Waals surface area contributed by atoms with E-state index in [2.05, 4.69) is 21.2 Å². The van der Waals surface area contributed by atoms with E-state index in [1.807, 2.05) is 0 Å². The maximum atomic E-state index is 11.8. The molecule has 3 N–H and O–H groups in total. The van der Waals surface area contributed by atoms with Crippen LogP contribution in [0.2, 0.25) is 5.02 Å². The highest BCUT2D eigenvalue weighted by atomic mass is 35.5. The molecular weight excluding hydrogens is 344 g/mol. The molecule has 2 aromatic rings. The van der Waals surface area contributed by atoms with E-state index in [4.69, 9.17) is 11.6 Å². The van der Waals surface area contributed by atoms with Crippen molar-refractivity contribution < 1.29 is 14.4 Å². The summed E-state index contributed by atoms with van der Waals surface area (Å²) in [5.41, 5.74) is 3.72. The standard InChI is InChI=1S/C17H15ClN4O3/c1-11(23)20-13-6-8-14(9-7-13)21-16(24)17(25)22-19-10-12-4-2-3-5-15(12)18/h2-10H,1H3,(H,20,23)(H,21,24)(H,22,25)/b19-10+. The maximum absolute atomic E-state index is 11.8. The largest absolute Gasteiger partial charge is 0.329 e. The molecule has 0 saturated carbocycles. The molecule has 0 spiro atoms. The van der Waals surface area contributed by atoms with Gasteiger partial charge in [-0.2, -0.15) is 5.10 Å². The van der Waals surface area contributed by atoms with E-state index in [1.165, 1.54) is 13.1 Å². The molecule has 25 heavy (non-hydrogen) atoms. The predicted octanol–water partition coefficient (Wildman–Crippen LogP) is 2.39. The van der Waals surface area contributed by atoms with Crippen molar-refractivity contribution in [1.29, 1.82) is 0 Å². The first-order valence-electron chi connectivity index (χ1n) is 7.22. The lowest BCUT2D eigenvalue weighted by atomic mass is 10.2. The van der Waals surface area contributed by atoms with Gasteiger partial charge in [0.2, 0.25) is 5.91 Å². The molecule has 0 aliphatic rings. The van der Waals surface area contributed by atoms with Gasteiger partial charge in [0.05, 0.1) is 6.21 Å². The zero-order chi connectivity index (χ0) is 18.2. The van der Waals surface area contributed by atoms with Crippen molar-refractivity contribution in [2.24, 2.45) is 5.10 Å². The predicted molar refractivity (Wildman–Crippen MR) is 96.6 cm³/mol. The lowest BCUT2D eigenvalue weighted by Gasteiger charge is -2.06. The van der Waals surface area contributed by atoms with Crippen molar-refractivity contribution in [2.45, 2.75) is 6.92 Å². The quantitative estimate of drug-likeness (QED) is 0.444. The van der Waals surface area contributed by atoms with Crippen molar-refractivity contribution in [3.63, 3.8) is 0 Å². The first-order valence-corrected chi connectivity index (χ1v) is 7.60. The number of halogens is 1. The molecule has 2 aromatic carbocycles. The summed E-state index contributed by atoms with van der Waals surface area (Å²) in [6, 6.07) is 13.3. The molecule has 3 amide bonds. The number of anilines is 2. The zero-order valence-corrected chi connectivity index (χ0v) is 14.0. The van der Waals surface area contributed by atoms with E-state index in [0.717, 1.165) is 0 Å². The minimum Gasteiger partial charge on any atom is -0.326 e. The smallest absolute Gasteiger partial charge is 0.326 e. The van der Waals surface area contributed by atoms with Gasteiger partial charge in [0, 0.05) is 28.9 Å². The first kappa shape index (κ1) is 18.2. The molecule has 0 unspecified atom stereocenters. The van der Waals surface area contributed by atoms with Gasteiger partial charge in [0.15, 0.2) is 0 Å². The number of nitrogens with one attached hydrogen (secondary N) is 3. The van der Waals surface area contributed by atoms with Crippen molar-refractivity contribution >= 4 is 46.9 Å². The molecule has 0 aliphatic carbocycles. The average molecular weight is 359 g/mol. The fraction of sp³-hybridized carbons (Fsp3) is 0.0588. The number of nitrogens with zero attached hydrogens (tertiary/aromatic N) is 1. The number of hydrogen-bond donors (Lipinski definition) is 3. The van der Waals surface area contributed by atoms with Crippen molar-refractivity contribution in [3.05, 3.63) is 59.1 Å². The second kappa shape index (κ2) is 8.60. The number of benzene rings is 2. The van der Waals surface area contributed by atoms with E-state index in [-0.39, 0.29) is 5.91 Å². The lowest BCUT2D eigenvalue weighted by molar-refractivity contribution is -0.136. The van der Waals surface area contributed by atoms with Crippen LogP contribution in [-0.4, -0.2) is 23.9 Å². The molecule has 0 saturated heterocycles. The molecule has 0 heterocycles. The highest BCUT2D eigenvalue weighted by molar-refractivity contribution is 6.39. The summed E-state index contributed by atoms with van der Waals surface area (Å²) in [5.74, 6) is -2.00.